The van der Waals surface area contributed by atoms with E-state index in [0.29, 0.717) is 11.3 Å². The van der Waals surface area contributed by atoms with Crippen LogP contribution in [0.2, 0.25) is 0 Å². The van der Waals surface area contributed by atoms with E-state index >= 15 is 0 Å². The maximum atomic E-state index is 14.1. The molecule has 2 saturated carbocycles. The van der Waals surface area contributed by atoms with Crippen LogP contribution in [-0.4, -0.2) is 16.3 Å². The number of hydrogen-bond donors (Lipinski definition) is 0. The summed E-state index contributed by atoms with van der Waals surface area (Å²) in [5.74, 6) is 0. The zero-order valence-electron chi connectivity index (χ0n) is 23.5. The molecule has 0 aliphatic heterocycles. The topological polar surface area (TPSA) is 30.0 Å². The van der Waals surface area contributed by atoms with E-state index in [4.69, 9.17) is 0 Å². The molecule has 0 bridgehead atoms. The molecule has 2 aliphatic carbocycles. The van der Waals surface area contributed by atoms with Crippen molar-refractivity contribution in [2.75, 3.05) is 0 Å². The molecule has 4 heteroatoms. The van der Waals surface area contributed by atoms with Crippen LogP contribution in [0, 0.1) is 19.1 Å². The molecule has 2 aliphatic rings. The summed E-state index contributed by atoms with van der Waals surface area (Å²) in [6.07, 6.45) is 14.4. The molecule has 0 spiro atoms. The maximum Gasteiger partial charge on any atom is 0.0978 e. The molecular weight excluding hydrogens is 686 g/mol. The number of nitrogens with zero attached hydrogens (tertiary/aromatic N) is 1. The minimum Gasteiger partial charge on any atom is -0.320 e. The Balaban J connectivity index is 0.000000181. The van der Waals surface area contributed by atoms with Gasteiger partial charge in [-0.15, -0.1) is 41.2 Å². The van der Waals surface area contributed by atoms with Gasteiger partial charge in [-0.1, -0.05) is 74.9 Å². The van der Waals surface area contributed by atoms with Crippen LogP contribution in [0.5, 0.6) is 0 Å². The molecule has 1 radical (unpaired) electrons. The summed E-state index contributed by atoms with van der Waals surface area (Å²) in [6.45, 7) is 2.12. The molecule has 3 aromatic carbocycles. The Labute approximate surface area is 254 Å². The number of aryl methyl sites for hydroxylation is 1. The second-order valence-electron chi connectivity index (χ2n) is 11.1. The van der Waals surface area contributed by atoms with E-state index in [1.54, 1.807) is 0 Å². The Hall–Kier alpha value is -2.31. The van der Waals surface area contributed by atoms with Gasteiger partial charge in [0.1, 0.15) is 0 Å². The van der Waals surface area contributed by atoms with Gasteiger partial charge < -0.3 is 9.55 Å². The van der Waals surface area contributed by atoms with Crippen LogP contribution in [0.1, 0.15) is 69.8 Å². The van der Waals surface area contributed by atoms with Crippen molar-refractivity contribution >= 4 is 12.4 Å². The van der Waals surface area contributed by atoms with Crippen LogP contribution in [0.25, 0.3) is 22.4 Å². The summed E-state index contributed by atoms with van der Waals surface area (Å²) in [5, 5.41) is 1.05. The number of hydrogen-bond acceptors (Lipinski definition) is 2. The van der Waals surface area contributed by atoms with Crippen LogP contribution in [-0.2, 0) is 24.7 Å². The molecule has 6 rings (SSSR count). The first-order valence-corrected chi connectivity index (χ1v) is 16.6. The van der Waals surface area contributed by atoms with Crippen molar-refractivity contribution in [2.45, 2.75) is 82.4 Å². The Morgan fingerprint density at radius 2 is 1.30 bits per heavy atom. The van der Waals surface area contributed by atoms with Crippen LogP contribution in [0.3, 0.4) is 0 Å². The largest absolute Gasteiger partial charge is 0.320 e. The Morgan fingerprint density at radius 3 is 1.82 bits per heavy atom. The van der Waals surface area contributed by atoms with Gasteiger partial charge in [0.25, 0.3) is 0 Å². The molecule has 2 nitrogen and oxygen atoms in total. The monoisotopic (exact) mass is 726 g/mol. The fourth-order valence-electron chi connectivity index (χ4n) is 6.40. The number of rotatable bonds is 5. The third-order valence-electron chi connectivity index (χ3n) is 8.48. The first-order chi connectivity index (χ1) is 19.2. The van der Waals surface area contributed by atoms with Gasteiger partial charge in [0.15, 0.2) is 0 Å². The molecule has 2 fully saturated rings. The molecule has 0 unspecified atom stereocenters. The first-order valence-electron chi connectivity index (χ1n) is 14.7. The van der Waals surface area contributed by atoms with Gasteiger partial charge in [0, 0.05) is 43.2 Å². The first kappa shape index (κ1) is 30.6. The van der Waals surface area contributed by atoms with Gasteiger partial charge >= 0.3 is 0 Å². The summed E-state index contributed by atoms with van der Waals surface area (Å²) >= 11 is 0. The third-order valence-corrected chi connectivity index (χ3v) is 12.7. The number of pyridine rings is 1. The van der Waals surface area contributed by atoms with Crippen molar-refractivity contribution in [1.29, 1.82) is 0 Å². The van der Waals surface area contributed by atoms with Gasteiger partial charge in [-0.2, -0.15) is 30.3 Å². The van der Waals surface area contributed by atoms with E-state index in [9.17, 15) is 4.57 Å². The standard InChI is InChI=1S/C18H14N.C18H26OP.Ir/c1-14-12-18(16-10-6-3-7-11-16)19-13-17(14)15-8-4-2-5-9-15;19-20(16-10-4-1-5-11-16,17-12-6-2-7-13-17)18-14-8-3-9-15-18;/h2-10,12-13H,1H3;1,4-5,10,17-18H,2-3,6-9,12-15H2;/q2*-1;. The summed E-state index contributed by atoms with van der Waals surface area (Å²) in [6, 6.07) is 35.0. The fourth-order valence-corrected chi connectivity index (χ4v) is 10.6. The van der Waals surface area contributed by atoms with E-state index in [2.05, 4.69) is 48.3 Å². The van der Waals surface area contributed by atoms with Crippen molar-refractivity contribution < 1.29 is 24.7 Å². The second kappa shape index (κ2) is 15.1. The number of benzene rings is 3. The van der Waals surface area contributed by atoms with Gasteiger partial charge in [0.2, 0.25) is 0 Å². The SMILES string of the molecule is Cc1cc(-c2[c-]cccc2)ncc1-c1ccccc1.O=P(c1[c-]cccc1)(C1CCCCC1)C1CCCCC1.[Ir]. The zero-order valence-corrected chi connectivity index (χ0v) is 26.8. The molecule has 1 heterocycles. The molecule has 0 saturated heterocycles. The van der Waals surface area contributed by atoms with Crippen LogP contribution >= 0.6 is 7.14 Å². The Bertz CT molecular complexity index is 1330. The average Bonchev–Trinajstić information content (AvgIpc) is 3.03. The molecule has 211 valence electrons. The fraction of sp³-hybridized carbons (Fsp3) is 0.361. The maximum absolute atomic E-state index is 14.1. The van der Waals surface area contributed by atoms with Gasteiger partial charge in [-0.25, -0.2) is 0 Å². The second-order valence-corrected chi connectivity index (χ2v) is 14.4. The van der Waals surface area contributed by atoms with Gasteiger partial charge in [0.05, 0.1) is 7.14 Å². The van der Waals surface area contributed by atoms with Gasteiger partial charge in [-0.05, 0) is 49.4 Å². The Morgan fingerprint density at radius 1 is 0.725 bits per heavy atom. The molecule has 4 aromatic rings. The van der Waals surface area contributed by atoms with Crippen molar-refractivity contribution in [3.8, 4) is 22.4 Å². The molecule has 0 atom stereocenters. The summed E-state index contributed by atoms with van der Waals surface area (Å²) in [7, 11) is -2.28. The van der Waals surface area contributed by atoms with Crippen molar-refractivity contribution in [3.63, 3.8) is 0 Å². The summed E-state index contributed by atoms with van der Waals surface area (Å²) in [5.41, 5.74) is 6.50. The van der Waals surface area contributed by atoms with E-state index in [0.717, 1.165) is 16.6 Å². The minimum atomic E-state index is -2.28. The normalized spacial score (nSPS) is 16.3. The van der Waals surface area contributed by atoms with Crippen molar-refractivity contribution in [2.24, 2.45) is 0 Å². The average molecular weight is 726 g/mol. The van der Waals surface area contributed by atoms with Crippen molar-refractivity contribution in [3.05, 3.63) is 109 Å². The van der Waals surface area contributed by atoms with Crippen molar-refractivity contribution in [1.82, 2.24) is 4.98 Å². The van der Waals surface area contributed by atoms with E-state index in [-0.39, 0.29) is 20.1 Å². The smallest absolute Gasteiger partial charge is 0.0978 e. The third kappa shape index (κ3) is 7.30. The van der Waals surface area contributed by atoms with Crippen LogP contribution in [0.15, 0.2) is 91.1 Å². The quantitative estimate of drug-likeness (QED) is 0.152. The van der Waals surface area contributed by atoms with E-state index < -0.39 is 7.14 Å². The molecule has 40 heavy (non-hydrogen) atoms. The van der Waals surface area contributed by atoms with E-state index in [1.807, 2.05) is 66.9 Å². The summed E-state index contributed by atoms with van der Waals surface area (Å²) in [4.78, 5) is 4.55. The van der Waals surface area contributed by atoms with E-state index in [1.165, 1.54) is 80.9 Å². The number of aromatic nitrogens is 1. The molecular formula is C36H40IrNOP-2. The van der Waals surface area contributed by atoms with Gasteiger partial charge in [-0.3, -0.25) is 0 Å². The zero-order chi connectivity index (χ0) is 26.9. The summed E-state index contributed by atoms with van der Waals surface area (Å²) < 4.78 is 14.1. The predicted molar refractivity (Wildman–Crippen MR) is 165 cm³/mol. The molecule has 1 aromatic heterocycles. The van der Waals surface area contributed by atoms with Crippen LogP contribution in [0.4, 0.5) is 0 Å². The van der Waals surface area contributed by atoms with Crippen LogP contribution < -0.4 is 5.30 Å². The predicted octanol–water partition coefficient (Wildman–Crippen LogP) is 9.66. The molecule has 0 N–H and O–H groups in total. The minimum absolute atomic E-state index is 0. The Kier molecular flexibility index (Phi) is 11.5. The molecule has 0 amide bonds.